The second-order valence-corrected chi connectivity index (χ2v) is 6.00. The normalized spacial score (nSPS) is 10.5. The second kappa shape index (κ2) is 7.82. The molecule has 25 heavy (non-hydrogen) atoms. The molecule has 0 unspecified atom stereocenters. The molecule has 128 valence electrons. The van der Waals surface area contributed by atoms with Crippen molar-refractivity contribution in [2.75, 3.05) is 12.9 Å². The van der Waals surface area contributed by atoms with Gasteiger partial charge in [-0.05, 0) is 24.3 Å². The first-order valence-electron chi connectivity index (χ1n) is 7.50. The number of nitrogens with two attached hydrogens (primary N) is 1. The molecule has 0 saturated carbocycles. The lowest BCUT2D eigenvalue weighted by Crippen LogP contribution is -2.31. The Morgan fingerprint density at radius 3 is 2.52 bits per heavy atom. The minimum atomic E-state index is -0.282. The van der Waals surface area contributed by atoms with Gasteiger partial charge in [0.2, 0.25) is 5.91 Å². The van der Waals surface area contributed by atoms with E-state index in [0.29, 0.717) is 11.0 Å². The molecule has 8 heteroatoms. The van der Waals surface area contributed by atoms with Crippen molar-refractivity contribution in [1.29, 1.82) is 0 Å². The SMILES string of the molecule is COc1ccc(-n2c(SCC(=O)NN)nnc2-c2ccccc2)cc1. The fraction of sp³-hybridized carbons (Fsp3) is 0.118. The first-order chi connectivity index (χ1) is 12.2. The fourth-order valence-electron chi connectivity index (χ4n) is 2.27. The van der Waals surface area contributed by atoms with Crippen LogP contribution in [0.4, 0.5) is 0 Å². The fourth-order valence-corrected chi connectivity index (χ4v) is 3.04. The number of carbonyl (C=O) groups excluding carboxylic acids is 1. The maximum atomic E-state index is 11.5. The van der Waals surface area contributed by atoms with E-state index in [1.807, 2.05) is 59.2 Å². The molecular formula is C17H17N5O2S. The molecule has 3 N–H and O–H groups in total. The zero-order valence-corrected chi connectivity index (χ0v) is 14.4. The van der Waals surface area contributed by atoms with E-state index in [0.717, 1.165) is 17.0 Å². The van der Waals surface area contributed by atoms with Crippen molar-refractivity contribution < 1.29 is 9.53 Å². The summed E-state index contributed by atoms with van der Waals surface area (Å²) in [6.45, 7) is 0. The van der Waals surface area contributed by atoms with Crippen LogP contribution in [0.15, 0.2) is 59.8 Å². The average Bonchev–Trinajstić information content (AvgIpc) is 3.10. The van der Waals surface area contributed by atoms with Gasteiger partial charge in [-0.2, -0.15) is 0 Å². The quantitative estimate of drug-likeness (QED) is 0.304. The number of methoxy groups -OCH3 is 1. The number of nitrogens with zero attached hydrogens (tertiary/aromatic N) is 3. The van der Waals surface area contributed by atoms with Crippen molar-refractivity contribution in [3.63, 3.8) is 0 Å². The van der Waals surface area contributed by atoms with E-state index in [4.69, 9.17) is 10.6 Å². The highest BCUT2D eigenvalue weighted by Gasteiger charge is 2.17. The van der Waals surface area contributed by atoms with Gasteiger partial charge in [-0.1, -0.05) is 42.1 Å². The summed E-state index contributed by atoms with van der Waals surface area (Å²) in [7, 11) is 1.62. The monoisotopic (exact) mass is 355 g/mol. The molecule has 1 aromatic heterocycles. The first kappa shape index (κ1) is 17.0. The van der Waals surface area contributed by atoms with Crippen LogP contribution < -0.4 is 16.0 Å². The zero-order valence-electron chi connectivity index (χ0n) is 13.5. The molecule has 0 saturated heterocycles. The third-order valence-corrected chi connectivity index (χ3v) is 4.42. The van der Waals surface area contributed by atoms with E-state index in [9.17, 15) is 4.79 Å². The molecule has 0 atom stereocenters. The van der Waals surface area contributed by atoms with E-state index in [2.05, 4.69) is 15.6 Å². The molecule has 1 amide bonds. The summed E-state index contributed by atoms with van der Waals surface area (Å²) in [5.41, 5.74) is 3.92. The highest BCUT2D eigenvalue weighted by molar-refractivity contribution is 7.99. The van der Waals surface area contributed by atoms with Crippen LogP contribution in [0.5, 0.6) is 5.75 Å². The minimum Gasteiger partial charge on any atom is -0.497 e. The predicted molar refractivity (Wildman–Crippen MR) is 96.4 cm³/mol. The standard InChI is InChI=1S/C17H17N5O2S/c1-24-14-9-7-13(8-10-14)22-16(12-5-3-2-4-6-12)20-21-17(22)25-11-15(23)19-18/h2-10H,11,18H2,1H3,(H,19,23). The van der Waals surface area contributed by atoms with Crippen molar-refractivity contribution in [1.82, 2.24) is 20.2 Å². The Labute approximate surface area is 149 Å². The molecule has 0 bridgehead atoms. The topological polar surface area (TPSA) is 95.1 Å². The van der Waals surface area contributed by atoms with Gasteiger partial charge < -0.3 is 4.74 Å². The van der Waals surface area contributed by atoms with Gasteiger partial charge in [0.1, 0.15) is 5.75 Å². The van der Waals surface area contributed by atoms with Gasteiger partial charge in [0, 0.05) is 11.3 Å². The highest BCUT2D eigenvalue weighted by Crippen LogP contribution is 2.28. The average molecular weight is 355 g/mol. The van der Waals surface area contributed by atoms with Gasteiger partial charge in [-0.15, -0.1) is 10.2 Å². The summed E-state index contributed by atoms with van der Waals surface area (Å²) in [6, 6.07) is 17.3. The number of benzene rings is 2. The Morgan fingerprint density at radius 2 is 1.88 bits per heavy atom. The van der Waals surface area contributed by atoms with Gasteiger partial charge in [-0.25, -0.2) is 5.84 Å². The van der Waals surface area contributed by atoms with Crippen molar-refractivity contribution in [2.45, 2.75) is 5.16 Å². The maximum Gasteiger partial charge on any atom is 0.244 e. The molecule has 7 nitrogen and oxygen atoms in total. The minimum absolute atomic E-state index is 0.152. The smallest absolute Gasteiger partial charge is 0.244 e. The number of amides is 1. The molecular weight excluding hydrogens is 338 g/mol. The van der Waals surface area contributed by atoms with Crippen LogP contribution in [0.3, 0.4) is 0 Å². The van der Waals surface area contributed by atoms with E-state index in [-0.39, 0.29) is 11.7 Å². The van der Waals surface area contributed by atoms with Crippen LogP contribution in [0.25, 0.3) is 17.1 Å². The summed E-state index contributed by atoms with van der Waals surface area (Å²) in [4.78, 5) is 11.5. The third-order valence-electron chi connectivity index (χ3n) is 3.49. The molecule has 0 aliphatic rings. The number of hydrazine groups is 1. The lowest BCUT2D eigenvalue weighted by molar-refractivity contribution is -0.118. The number of rotatable bonds is 6. The summed E-state index contributed by atoms with van der Waals surface area (Å²) >= 11 is 1.27. The summed E-state index contributed by atoms with van der Waals surface area (Å²) in [5, 5.41) is 9.15. The van der Waals surface area contributed by atoms with Gasteiger partial charge >= 0.3 is 0 Å². The number of nitrogens with one attached hydrogen (secondary N) is 1. The Balaban J connectivity index is 2.04. The van der Waals surface area contributed by atoms with E-state index in [1.165, 1.54) is 11.8 Å². The van der Waals surface area contributed by atoms with Crippen LogP contribution in [0.2, 0.25) is 0 Å². The number of aromatic nitrogens is 3. The largest absolute Gasteiger partial charge is 0.497 e. The number of carbonyl (C=O) groups is 1. The molecule has 0 aliphatic heterocycles. The second-order valence-electron chi connectivity index (χ2n) is 5.06. The summed E-state index contributed by atoms with van der Waals surface area (Å²) in [5.74, 6) is 6.47. The Hall–Kier alpha value is -2.84. The van der Waals surface area contributed by atoms with Gasteiger partial charge in [0.15, 0.2) is 11.0 Å². The Bertz CT molecular complexity index is 849. The molecule has 0 fully saturated rings. The lowest BCUT2D eigenvalue weighted by atomic mass is 10.2. The van der Waals surface area contributed by atoms with Crippen LogP contribution in [-0.2, 0) is 4.79 Å². The number of hydrogen-bond donors (Lipinski definition) is 2. The predicted octanol–water partition coefficient (Wildman–Crippen LogP) is 2.02. The van der Waals surface area contributed by atoms with Crippen molar-refractivity contribution in [2.24, 2.45) is 5.84 Å². The van der Waals surface area contributed by atoms with E-state index < -0.39 is 0 Å². The first-order valence-corrected chi connectivity index (χ1v) is 8.49. The van der Waals surface area contributed by atoms with Gasteiger partial charge in [0.05, 0.1) is 12.9 Å². The molecule has 0 radical (unpaired) electrons. The lowest BCUT2D eigenvalue weighted by Gasteiger charge is -2.11. The van der Waals surface area contributed by atoms with Crippen LogP contribution in [0, 0.1) is 0 Å². The van der Waals surface area contributed by atoms with Crippen molar-refractivity contribution in [3.8, 4) is 22.8 Å². The maximum absolute atomic E-state index is 11.5. The molecule has 3 aromatic rings. The Kier molecular flexibility index (Phi) is 5.32. The van der Waals surface area contributed by atoms with E-state index >= 15 is 0 Å². The zero-order chi connectivity index (χ0) is 17.6. The third kappa shape index (κ3) is 3.81. The van der Waals surface area contributed by atoms with Crippen molar-refractivity contribution >= 4 is 17.7 Å². The Morgan fingerprint density at radius 1 is 1.16 bits per heavy atom. The number of hydrogen-bond acceptors (Lipinski definition) is 6. The highest BCUT2D eigenvalue weighted by atomic mass is 32.2. The van der Waals surface area contributed by atoms with Gasteiger partial charge in [-0.3, -0.25) is 14.8 Å². The molecule has 2 aromatic carbocycles. The molecule has 1 heterocycles. The van der Waals surface area contributed by atoms with E-state index in [1.54, 1.807) is 7.11 Å². The molecule has 0 aliphatic carbocycles. The van der Waals surface area contributed by atoms with Crippen LogP contribution in [0.1, 0.15) is 0 Å². The van der Waals surface area contributed by atoms with Crippen molar-refractivity contribution in [3.05, 3.63) is 54.6 Å². The number of thioether (sulfide) groups is 1. The number of ether oxygens (including phenoxy) is 1. The van der Waals surface area contributed by atoms with Gasteiger partial charge in [0.25, 0.3) is 0 Å². The summed E-state index contributed by atoms with van der Waals surface area (Å²) < 4.78 is 7.12. The summed E-state index contributed by atoms with van der Waals surface area (Å²) in [6.07, 6.45) is 0. The molecule has 0 spiro atoms. The van der Waals surface area contributed by atoms with Crippen LogP contribution in [-0.4, -0.2) is 33.5 Å². The molecule has 3 rings (SSSR count). The van der Waals surface area contributed by atoms with Crippen LogP contribution >= 0.6 is 11.8 Å².